The standard InChI is InChI=1S/C8H11N3O2S/c1-6(10-5-13)7-3-14-8(11-7)2-9-4-12/h3-6H,2H2,1H3,(H,9,12)(H,10,13)/i5D. The van der Waals surface area contributed by atoms with Crippen LogP contribution in [0.3, 0.4) is 0 Å². The van der Waals surface area contributed by atoms with E-state index in [9.17, 15) is 9.59 Å². The van der Waals surface area contributed by atoms with Gasteiger partial charge in [0.1, 0.15) is 6.38 Å². The van der Waals surface area contributed by atoms with E-state index in [2.05, 4.69) is 15.6 Å². The second-order valence-electron chi connectivity index (χ2n) is 2.63. The van der Waals surface area contributed by atoms with Crippen LogP contribution in [0.2, 0.25) is 0 Å². The number of hydrogen-bond donors (Lipinski definition) is 2. The molecule has 6 heteroatoms. The van der Waals surface area contributed by atoms with Crippen molar-refractivity contribution in [1.29, 1.82) is 0 Å². The number of hydrogen-bond acceptors (Lipinski definition) is 4. The maximum absolute atomic E-state index is 10.5. The van der Waals surface area contributed by atoms with Crippen LogP contribution in [0.25, 0.3) is 0 Å². The fourth-order valence-corrected chi connectivity index (χ4v) is 1.73. The first kappa shape index (κ1) is 9.14. The summed E-state index contributed by atoms with van der Waals surface area (Å²) in [7, 11) is 0. The third-order valence-electron chi connectivity index (χ3n) is 1.63. The summed E-state index contributed by atoms with van der Waals surface area (Å²) in [6, 6.07) is -0.281. The van der Waals surface area contributed by atoms with E-state index in [1.54, 1.807) is 12.3 Å². The third-order valence-corrected chi connectivity index (χ3v) is 2.49. The minimum atomic E-state index is -0.830. The van der Waals surface area contributed by atoms with E-state index >= 15 is 0 Å². The summed E-state index contributed by atoms with van der Waals surface area (Å²) < 4.78 is 6.74. The summed E-state index contributed by atoms with van der Waals surface area (Å²) in [5, 5.41) is 7.47. The lowest BCUT2D eigenvalue weighted by atomic mass is 10.3. The SMILES string of the molecule is [2H]C(=O)NC(C)c1csc(CNC=O)n1. The van der Waals surface area contributed by atoms with Crippen LogP contribution in [-0.4, -0.2) is 17.8 Å². The van der Waals surface area contributed by atoms with E-state index < -0.39 is 6.39 Å². The average molecular weight is 214 g/mol. The first-order chi connectivity index (χ1) is 7.13. The maximum Gasteiger partial charge on any atom is 0.207 e. The lowest BCUT2D eigenvalue weighted by Crippen LogP contribution is -2.16. The van der Waals surface area contributed by atoms with Crippen molar-refractivity contribution in [2.75, 3.05) is 0 Å². The predicted octanol–water partition coefficient (Wildman–Crippen LogP) is 0.196. The van der Waals surface area contributed by atoms with Gasteiger partial charge in [0.05, 0.1) is 18.3 Å². The Hall–Kier alpha value is -1.43. The molecule has 0 fully saturated rings. The van der Waals surface area contributed by atoms with Gasteiger partial charge >= 0.3 is 0 Å². The van der Waals surface area contributed by atoms with Gasteiger partial charge in [0.15, 0.2) is 0 Å². The van der Waals surface area contributed by atoms with Gasteiger partial charge in [-0.2, -0.15) is 0 Å². The second kappa shape index (κ2) is 5.33. The molecule has 1 aromatic heterocycles. The van der Waals surface area contributed by atoms with Crippen LogP contribution in [0, 0.1) is 0 Å². The molecule has 0 spiro atoms. The van der Waals surface area contributed by atoms with Crippen molar-refractivity contribution in [1.82, 2.24) is 15.6 Å². The molecule has 0 radical (unpaired) electrons. The van der Waals surface area contributed by atoms with Crippen molar-refractivity contribution < 1.29 is 11.0 Å². The topological polar surface area (TPSA) is 71.1 Å². The fraction of sp³-hybridized carbons (Fsp3) is 0.375. The minimum absolute atomic E-state index is 0.281. The molecule has 0 aliphatic carbocycles. The molecule has 0 bridgehead atoms. The molecule has 76 valence electrons. The Kier molecular flexibility index (Phi) is 3.48. The van der Waals surface area contributed by atoms with Crippen LogP contribution >= 0.6 is 11.3 Å². The zero-order chi connectivity index (χ0) is 11.3. The molecule has 0 saturated carbocycles. The van der Waals surface area contributed by atoms with Crippen molar-refractivity contribution in [2.45, 2.75) is 19.5 Å². The minimum Gasteiger partial charge on any atom is -0.352 e. The Labute approximate surface area is 86.9 Å². The zero-order valence-corrected chi connectivity index (χ0v) is 8.43. The summed E-state index contributed by atoms with van der Waals surface area (Å²) in [5.74, 6) is 0. The van der Waals surface area contributed by atoms with Crippen LogP contribution in [-0.2, 0) is 16.1 Å². The van der Waals surface area contributed by atoms with E-state index in [1.807, 2.05) is 0 Å². The van der Waals surface area contributed by atoms with Gasteiger partial charge in [-0.3, -0.25) is 9.59 Å². The van der Waals surface area contributed by atoms with Crippen molar-refractivity contribution in [3.05, 3.63) is 16.1 Å². The molecule has 2 amide bonds. The molecule has 1 atom stereocenters. The van der Waals surface area contributed by atoms with Crippen LogP contribution in [0.15, 0.2) is 5.38 Å². The molecule has 2 N–H and O–H groups in total. The van der Waals surface area contributed by atoms with E-state index in [0.29, 0.717) is 18.6 Å². The highest BCUT2D eigenvalue weighted by Gasteiger charge is 2.08. The van der Waals surface area contributed by atoms with Gasteiger partial charge < -0.3 is 10.6 Å². The second-order valence-corrected chi connectivity index (χ2v) is 3.58. The smallest absolute Gasteiger partial charge is 0.207 e. The van der Waals surface area contributed by atoms with Gasteiger partial charge in [-0.15, -0.1) is 11.3 Å². The van der Waals surface area contributed by atoms with Gasteiger partial charge in [-0.05, 0) is 6.92 Å². The molecule has 0 aromatic carbocycles. The molecule has 0 saturated heterocycles. The molecule has 0 aliphatic heterocycles. The summed E-state index contributed by atoms with van der Waals surface area (Å²) in [6.07, 6.45) is -0.223. The Morgan fingerprint density at radius 2 is 2.57 bits per heavy atom. The van der Waals surface area contributed by atoms with Crippen LogP contribution in [0.1, 0.15) is 25.0 Å². The number of nitrogens with one attached hydrogen (secondary N) is 2. The fourth-order valence-electron chi connectivity index (χ4n) is 0.896. The predicted molar refractivity (Wildman–Crippen MR) is 52.6 cm³/mol. The Balaban J connectivity index is 2.58. The molecular weight excluding hydrogens is 202 g/mol. The molecule has 1 aromatic rings. The molecule has 14 heavy (non-hydrogen) atoms. The number of amides is 2. The summed E-state index contributed by atoms with van der Waals surface area (Å²) in [4.78, 5) is 24.7. The van der Waals surface area contributed by atoms with Gasteiger partial charge in [-0.25, -0.2) is 4.98 Å². The lowest BCUT2D eigenvalue weighted by molar-refractivity contribution is -0.110. The van der Waals surface area contributed by atoms with Crippen LogP contribution in [0.5, 0.6) is 0 Å². The van der Waals surface area contributed by atoms with Crippen molar-refractivity contribution in [3.63, 3.8) is 0 Å². The first-order valence-electron chi connectivity index (χ1n) is 4.52. The van der Waals surface area contributed by atoms with Gasteiger partial charge in [0.25, 0.3) is 0 Å². The number of rotatable bonds is 5. The Bertz CT molecular complexity index is 355. The van der Waals surface area contributed by atoms with Crippen molar-refractivity contribution >= 4 is 24.1 Å². The van der Waals surface area contributed by atoms with E-state index in [-0.39, 0.29) is 6.04 Å². The normalized spacial score (nSPS) is 12.8. The maximum atomic E-state index is 10.5. The molecule has 1 unspecified atom stereocenters. The van der Waals surface area contributed by atoms with Crippen LogP contribution in [0.4, 0.5) is 0 Å². The average Bonchev–Trinajstić information content (AvgIpc) is 2.62. The summed E-state index contributed by atoms with van der Waals surface area (Å²) in [5.41, 5.74) is 0.697. The summed E-state index contributed by atoms with van der Waals surface area (Å²) in [6.45, 7) is 2.13. The van der Waals surface area contributed by atoms with Gasteiger partial charge in [0.2, 0.25) is 12.8 Å². The van der Waals surface area contributed by atoms with Gasteiger partial charge in [-0.1, -0.05) is 0 Å². The van der Waals surface area contributed by atoms with E-state index in [0.717, 1.165) is 5.01 Å². The number of nitrogens with zero attached hydrogens (tertiary/aromatic N) is 1. The largest absolute Gasteiger partial charge is 0.352 e. The monoisotopic (exact) mass is 214 g/mol. The first-order valence-corrected chi connectivity index (χ1v) is 4.90. The highest BCUT2D eigenvalue weighted by molar-refractivity contribution is 7.09. The molecule has 0 aliphatic rings. The highest BCUT2D eigenvalue weighted by atomic mass is 32.1. The molecule has 5 nitrogen and oxygen atoms in total. The lowest BCUT2D eigenvalue weighted by Gasteiger charge is -2.04. The van der Waals surface area contributed by atoms with Crippen LogP contribution < -0.4 is 10.6 Å². The molecular formula is C8H11N3O2S. The summed E-state index contributed by atoms with van der Waals surface area (Å²) >= 11 is 1.40. The molecule has 1 heterocycles. The quantitative estimate of drug-likeness (QED) is 0.688. The van der Waals surface area contributed by atoms with E-state index in [4.69, 9.17) is 1.37 Å². The number of carbonyl (C=O) groups is 2. The third kappa shape index (κ3) is 2.81. The van der Waals surface area contributed by atoms with Crippen molar-refractivity contribution in [2.24, 2.45) is 0 Å². The number of thiazole rings is 1. The Morgan fingerprint density at radius 3 is 3.21 bits per heavy atom. The molecule has 1 rings (SSSR count). The highest BCUT2D eigenvalue weighted by Crippen LogP contribution is 2.15. The number of carbonyl (C=O) groups excluding carboxylic acids is 2. The number of aromatic nitrogens is 1. The van der Waals surface area contributed by atoms with Gasteiger partial charge in [0, 0.05) is 5.38 Å². The van der Waals surface area contributed by atoms with E-state index in [1.165, 1.54) is 11.3 Å². The Morgan fingerprint density at radius 1 is 1.79 bits per heavy atom. The van der Waals surface area contributed by atoms with Crippen molar-refractivity contribution in [3.8, 4) is 0 Å². The zero-order valence-electron chi connectivity index (χ0n) is 8.61.